The third kappa shape index (κ3) is 6.06. The quantitative estimate of drug-likeness (QED) is 0.0634. The van der Waals surface area contributed by atoms with Crippen LogP contribution in [-0.4, -0.2) is 27.0 Å². The molecule has 0 aliphatic carbocycles. The first kappa shape index (κ1) is 28.3. The highest BCUT2D eigenvalue weighted by Crippen LogP contribution is 2.44. The monoisotopic (exact) mass is 609 g/mol. The van der Waals surface area contributed by atoms with Crippen molar-refractivity contribution in [2.45, 2.75) is 23.1 Å². The van der Waals surface area contributed by atoms with E-state index in [2.05, 4.69) is 10.2 Å². The molecule has 10 heteroatoms. The number of hydrogen-bond acceptors (Lipinski definition) is 8. The molecule has 0 radical (unpaired) electrons. The average Bonchev–Trinajstić information content (AvgIpc) is 3.59. The molecule has 1 saturated heterocycles. The Bertz CT molecular complexity index is 1820. The zero-order valence-corrected chi connectivity index (χ0v) is 24.4. The predicted molar refractivity (Wildman–Crippen MR) is 165 cm³/mol. The second kappa shape index (κ2) is 12.2. The third-order valence-electron chi connectivity index (χ3n) is 6.80. The summed E-state index contributed by atoms with van der Waals surface area (Å²) < 4.78 is 20.3. The number of carbonyl (C=O) groups is 2. The fourth-order valence-corrected chi connectivity index (χ4v) is 6.49. The zero-order chi connectivity index (χ0) is 29.9. The van der Waals surface area contributed by atoms with Gasteiger partial charge in [-0.1, -0.05) is 83.3 Å². The second-order valence-electron chi connectivity index (χ2n) is 9.79. The number of aliphatic hydroxyl groups is 1. The normalized spacial score (nSPS) is 16.0. The molecule has 1 fully saturated rings. The van der Waals surface area contributed by atoms with Crippen LogP contribution >= 0.6 is 23.1 Å². The maximum Gasteiger partial charge on any atom is 0.301 e. The Labute approximate surface area is 255 Å². The van der Waals surface area contributed by atoms with Crippen molar-refractivity contribution in [3.8, 4) is 11.5 Å². The number of aryl methyl sites for hydroxylation is 1. The number of thioether (sulfide) groups is 1. The molecule has 214 valence electrons. The molecule has 0 spiro atoms. The van der Waals surface area contributed by atoms with Crippen molar-refractivity contribution in [2.75, 3.05) is 4.90 Å². The zero-order valence-electron chi connectivity index (χ0n) is 22.8. The van der Waals surface area contributed by atoms with Crippen LogP contribution < -0.4 is 9.64 Å². The minimum atomic E-state index is -1.03. The summed E-state index contributed by atoms with van der Waals surface area (Å²) in [6.07, 6.45) is 0. The number of hydrogen-bond donors (Lipinski definition) is 1. The lowest BCUT2D eigenvalue weighted by Crippen LogP contribution is -2.29. The van der Waals surface area contributed by atoms with Gasteiger partial charge in [-0.2, -0.15) is 0 Å². The Morgan fingerprint density at radius 2 is 1.65 bits per heavy atom. The molecular weight excluding hydrogens is 586 g/mol. The number of para-hydroxylation sites is 1. The highest BCUT2D eigenvalue weighted by atomic mass is 32.2. The van der Waals surface area contributed by atoms with E-state index in [4.69, 9.17) is 4.74 Å². The van der Waals surface area contributed by atoms with Crippen molar-refractivity contribution >= 4 is 45.7 Å². The fourth-order valence-electron chi connectivity index (χ4n) is 4.67. The number of benzene rings is 4. The summed E-state index contributed by atoms with van der Waals surface area (Å²) in [4.78, 5) is 28.3. The van der Waals surface area contributed by atoms with Gasteiger partial charge in [-0.3, -0.25) is 14.5 Å². The largest absolute Gasteiger partial charge is 0.507 e. The number of halogens is 1. The maximum atomic E-state index is 13.6. The van der Waals surface area contributed by atoms with Crippen molar-refractivity contribution < 1.29 is 23.8 Å². The van der Waals surface area contributed by atoms with Gasteiger partial charge >= 0.3 is 5.91 Å². The molecule has 2 heterocycles. The van der Waals surface area contributed by atoms with E-state index in [1.807, 2.05) is 61.5 Å². The van der Waals surface area contributed by atoms with Crippen molar-refractivity contribution in [1.82, 2.24) is 10.2 Å². The van der Waals surface area contributed by atoms with Crippen LogP contribution in [0.15, 0.2) is 113 Å². The number of rotatable bonds is 8. The second-order valence-corrected chi connectivity index (χ2v) is 12.0. The van der Waals surface area contributed by atoms with E-state index in [0.29, 0.717) is 27.2 Å². The highest BCUT2D eigenvalue weighted by molar-refractivity contribution is 8.00. The molecule has 5 aromatic rings. The highest BCUT2D eigenvalue weighted by Gasteiger charge is 2.48. The van der Waals surface area contributed by atoms with Crippen LogP contribution in [0.5, 0.6) is 11.5 Å². The molecule has 7 nitrogen and oxygen atoms in total. The molecule has 1 aliphatic rings. The number of anilines is 1. The van der Waals surface area contributed by atoms with Gasteiger partial charge in [0.25, 0.3) is 5.78 Å². The number of nitrogens with zero attached hydrogens (tertiary/aromatic N) is 3. The van der Waals surface area contributed by atoms with E-state index >= 15 is 0 Å². The van der Waals surface area contributed by atoms with Gasteiger partial charge in [-0.05, 0) is 66.6 Å². The number of carbonyl (C=O) groups excluding carboxylic acids is 2. The first-order chi connectivity index (χ1) is 20.9. The van der Waals surface area contributed by atoms with E-state index in [1.54, 1.807) is 24.3 Å². The molecule has 1 amide bonds. The molecule has 6 rings (SSSR count). The lowest BCUT2D eigenvalue weighted by Gasteiger charge is -2.23. The predicted octanol–water partition coefficient (Wildman–Crippen LogP) is 7.70. The van der Waals surface area contributed by atoms with Gasteiger partial charge in [0.1, 0.15) is 23.1 Å². The van der Waals surface area contributed by atoms with Gasteiger partial charge in [0.15, 0.2) is 4.34 Å². The average molecular weight is 610 g/mol. The first-order valence-corrected chi connectivity index (χ1v) is 15.1. The van der Waals surface area contributed by atoms with Gasteiger partial charge in [0, 0.05) is 11.3 Å². The third-order valence-corrected chi connectivity index (χ3v) is 8.93. The molecular formula is C33H24FN3O4S2. The lowest BCUT2D eigenvalue weighted by atomic mass is 9.95. The molecule has 43 heavy (non-hydrogen) atoms. The summed E-state index contributed by atoms with van der Waals surface area (Å²) >= 11 is 2.66. The summed E-state index contributed by atoms with van der Waals surface area (Å²) in [6.45, 7) is 2.03. The van der Waals surface area contributed by atoms with Crippen LogP contribution in [0.2, 0.25) is 0 Å². The van der Waals surface area contributed by atoms with Crippen LogP contribution in [0.3, 0.4) is 0 Å². The molecule has 1 aliphatic heterocycles. The number of Topliss-reactive ketones (excluding diaryl/α,β-unsaturated/α-hetero) is 1. The number of aromatic nitrogens is 2. The van der Waals surface area contributed by atoms with Gasteiger partial charge in [-0.15, -0.1) is 10.2 Å². The number of aliphatic hydroxyl groups excluding tert-OH is 1. The van der Waals surface area contributed by atoms with Crippen molar-refractivity contribution in [2.24, 2.45) is 0 Å². The van der Waals surface area contributed by atoms with Gasteiger partial charge < -0.3 is 9.84 Å². The molecule has 1 aromatic heterocycles. The Balaban J connectivity index is 1.39. The smallest absolute Gasteiger partial charge is 0.301 e. The van der Waals surface area contributed by atoms with Crippen molar-refractivity contribution in [3.63, 3.8) is 0 Å². The minimum absolute atomic E-state index is 0.141. The Morgan fingerprint density at radius 3 is 2.40 bits per heavy atom. The standard InChI is InChI=1S/C33H24FN3O4S2/c1-20-10-12-21(13-11-20)19-42-33-36-35-32(43-33)37-28(23-6-5-9-26(18-23)41-25-7-3-2-4-8-25)27(30(39)31(37)40)29(38)22-14-16-24(34)17-15-22/h2-18,28,38H,19H2,1H3/b29-27-. The van der Waals surface area contributed by atoms with Crippen molar-refractivity contribution in [3.05, 3.63) is 137 Å². The van der Waals surface area contributed by atoms with Crippen LogP contribution in [0, 0.1) is 12.7 Å². The fraction of sp³-hybridized carbons (Fsp3) is 0.0909. The maximum absolute atomic E-state index is 13.6. The molecule has 0 bridgehead atoms. The number of amides is 1. The van der Waals surface area contributed by atoms with E-state index in [-0.39, 0.29) is 16.3 Å². The number of ether oxygens (including phenoxy) is 1. The molecule has 1 N–H and O–H groups in total. The van der Waals surface area contributed by atoms with E-state index in [1.165, 1.54) is 57.8 Å². The van der Waals surface area contributed by atoms with Crippen LogP contribution in [0.1, 0.15) is 28.3 Å². The lowest BCUT2D eigenvalue weighted by molar-refractivity contribution is -0.132. The van der Waals surface area contributed by atoms with Crippen LogP contribution in [-0.2, 0) is 15.3 Å². The SMILES string of the molecule is Cc1ccc(CSc2nnc(N3C(=O)C(=O)/C(=C(\O)c4ccc(F)cc4)C3c3cccc(Oc4ccccc4)c3)s2)cc1. The molecule has 1 unspecified atom stereocenters. The summed E-state index contributed by atoms with van der Waals surface area (Å²) in [5.41, 5.74) is 2.86. The van der Waals surface area contributed by atoms with Gasteiger partial charge in [0.05, 0.1) is 11.6 Å². The first-order valence-electron chi connectivity index (χ1n) is 13.3. The summed E-state index contributed by atoms with van der Waals surface area (Å²) in [5.74, 6) is -0.912. The summed E-state index contributed by atoms with van der Waals surface area (Å²) in [6, 6.07) is 28.3. The van der Waals surface area contributed by atoms with Crippen LogP contribution in [0.4, 0.5) is 9.52 Å². The minimum Gasteiger partial charge on any atom is -0.507 e. The number of ketones is 1. The Kier molecular flexibility index (Phi) is 8.04. The topological polar surface area (TPSA) is 92.6 Å². The van der Waals surface area contributed by atoms with Gasteiger partial charge in [0.2, 0.25) is 5.13 Å². The van der Waals surface area contributed by atoms with E-state index < -0.39 is 29.3 Å². The molecule has 1 atom stereocenters. The summed E-state index contributed by atoms with van der Waals surface area (Å²) in [5, 5.41) is 20.1. The van der Waals surface area contributed by atoms with Gasteiger partial charge in [-0.25, -0.2) is 4.39 Å². The Morgan fingerprint density at radius 1 is 0.930 bits per heavy atom. The Hall–Kier alpha value is -4.80. The molecule has 4 aromatic carbocycles. The van der Waals surface area contributed by atoms with E-state index in [0.717, 1.165) is 5.56 Å². The molecule has 0 saturated carbocycles. The van der Waals surface area contributed by atoms with Crippen LogP contribution in [0.25, 0.3) is 5.76 Å². The van der Waals surface area contributed by atoms with E-state index in [9.17, 15) is 19.1 Å². The van der Waals surface area contributed by atoms with Crippen molar-refractivity contribution in [1.29, 1.82) is 0 Å². The summed E-state index contributed by atoms with van der Waals surface area (Å²) in [7, 11) is 0.